The van der Waals surface area contributed by atoms with Crippen LogP contribution in [0, 0.1) is 0 Å². The van der Waals surface area contributed by atoms with Crippen LogP contribution in [0.5, 0.6) is 5.75 Å². The molecule has 142 valence electrons. The van der Waals surface area contributed by atoms with E-state index in [1.54, 1.807) is 0 Å². The Hall–Kier alpha value is -2.25. The lowest BCUT2D eigenvalue weighted by molar-refractivity contribution is -0.137. The zero-order valence-corrected chi connectivity index (χ0v) is 14.7. The van der Waals surface area contributed by atoms with Gasteiger partial charge in [-0.1, -0.05) is 30.3 Å². The molecule has 2 N–H and O–H groups in total. The Bertz CT molecular complexity index is 817. The van der Waals surface area contributed by atoms with Crippen LogP contribution in [0.25, 0.3) is 5.57 Å². The summed E-state index contributed by atoms with van der Waals surface area (Å²) in [6.07, 6.45) is -2.01. The predicted octanol–water partition coefficient (Wildman–Crippen LogP) is 4.62. The lowest BCUT2D eigenvalue weighted by Gasteiger charge is -2.23. The number of halogens is 3. The van der Waals surface area contributed by atoms with Crippen LogP contribution in [-0.4, -0.2) is 17.2 Å². The van der Waals surface area contributed by atoms with Crippen LogP contribution >= 0.6 is 0 Å². The lowest BCUT2D eigenvalue weighted by atomic mass is 9.68. The fourth-order valence-corrected chi connectivity index (χ4v) is 3.32. The molecule has 2 aromatic carbocycles. The lowest BCUT2D eigenvalue weighted by Crippen LogP contribution is -2.20. The molecule has 0 unspecified atom stereocenters. The van der Waals surface area contributed by atoms with Gasteiger partial charge in [0.1, 0.15) is 12.4 Å². The van der Waals surface area contributed by atoms with Gasteiger partial charge in [0.05, 0.1) is 5.56 Å². The van der Waals surface area contributed by atoms with Crippen molar-refractivity contribution in [1.82, 2.24) is 0 Å². The van der Waals surface area contributed by atoms with Crippen molar-refractivity contribution in [1.29, 1.82) is 0 Å². The molecule has 0 aromatic heterocycles. The number of hydrogen-bond donors (Lipinski definition) is 2. The summed E-state index contributed by atoms with van der Waals surface area (Å²) in [5.74, 6) is 0.307. The Morgan fingerprint density at radius 2 is 1.67 bits per heavy atom. The summed E-state index contributed by atoms with van der Waals surface area (Å²) in [7, 11) is -1.68. The van der Waals surface area contributed by atoms with E-state index < -0.39 is 18.9 Å². The summed E-state index contributed by atoms with van der Waals surface area (Å²) in [5, 5.41) is 19.3. The first-order valence-corrected chi connectivity index (χ1v) is 8.82. The number of rotatable bonds is 5. The number of hydrogen-bond acceptors (Lipinski definition) is 3. The standard InChI is InChI=1S/C20H20BF3O3/c22-20(23,24)15-10-11-19(27-13-14-6-2-1-3-7-14)17(12-15)16-8-4-5-9-18(16)21(25)26/h1-3,6-7,10-12,25-26H,4-5,8-9,13H2. The van der Waals surface area contributed by atoms with Crippen molar-refractivity contribution in [3.8, 4) is 5.75 Å². The molecule has 0 saturated carbocycles. The van der Waals surface area contributed by atoms with Gasteiger partial charge < -0.3 is 14.8 Å². The molecule has 0 spiro atoms. The van der Waals surface area contributed by atoms with Gasteiger partial charge in [0.2, 0.25) is 0 Å². The van der Waals surface area contributed by atoms with Crippen LogP contribution < -0.4 is 4.74 Å². The van der Waals surface area contributed by atoms with Gasteiger partial charge in [-0.15, -0.1) is 0 Å². The molecule has 1 aliphatic carbocycles. The molecule has 27 heavy (non-hydrogen) atoms. The highest BCUT2D eigenvalue weighted by atomic mass is 19.4. The van der Waals surface area contributed by atoms with Crippen molar-refractivity contribution in [3.05, 3.63) is 70.7 Å². The van der Waals surface area contributed by atoms with E-state index in [1.807, 2.05) is 30.3 Å². The van der Waals surface area contributed by atoms with Gasteiger partial charge in [-0.3, -0.25) is 0 Å². The van der Waals surface area contributed by atoms with Gasteiger partial charge in [0, 0.05) is 5.56 Å². The zero-order valence-electron chi connectivity index (χ0n) is 14.7. The quantitative estimate of drug-likeness (QED) is 0.749. The van der Waals surface area contributed by atoms with E-state index in [1.165, 1.54) is 6.07 Å². The minimum atomic E-state index is -4.49. The Labute approximate surface area is 156 Å². The molecule has 0 amide bonds. The molecule has 3 nitrogen and oxygen atoms in total. The molecule has 0 bridgehead atoms. The second-order valence-electron chi connectivity index (χ2n) is 6.57. The highest BCUT2D eigenvalue weighted by molar-refractivity contribution is 6.52. The van der Waals surface area contributed by atoms with Crippen molar-refractivity contribution in [3.63, 3.8) is 0 Å². The third-order valence-electron chi connectivity index (χ3n) is 4.69. The first-order valence-electron chi connectivity index (χ1n) is 8.82. The molecule has 2 aromatic rings. The summed E-state index contributed by atoms with van der Waals surface area (Å²) in [6.45, 7) is 0.212. The topological polar surface area (TPSA) is 49.7 Å². The van der Waals surface area contributed by atoms with E-state index in [-0.39, 0.29) is 12.2 Å². The Kier molecular flexibility index (Phi) is 5.92. The highest BCUT2D eigenvalue weighted by Crippen LogP contribution is 2.40. The molecule has 1 aliphatic rings. The van der Waals surface area contributed by atoms with Crippen molar-refractivity contribution < 1.29 is 28.0 Å². The van der Waals surface area contributed by atoms with E-state index >= 15 is 0 Å². The van der Waals surface area contributed by atoms with E-state index in [0.717, 1.165) is 30.5 Å². The second kappa shape index (κ2) is 8.19. The fourth-order valence-electron chi connectivity index (χ4n) is 3.32. The van der Waals surface area contributed by atoms with Gasteiger partial charge in [-0.2, -0.15) is 13.2 Å². The average molecular weight is 376 g/mol. The van der Waals surface area contributed by atoms with Crippen molar-refractivity contribution in [2.75, 3.05) is 0 Å². The van der Waals surface area contributed by atoms with Gasteiger partial charge >= 0.3 is 13.3 Å². The van der Waals surface area contributed by atoms with Crippen LogP contribution in [0.15, 0.2) is 54.0 Å². The van der Waals surface area contributed by atoms with E-state index in [0.29, 0.717) is 29.6 Å². The summed E-state index contributed by atoms with van der Waals surface area (Å²) < 4.78 is 45.5. The smallest absolute Gasteiger partial charge is 0.484 e. The Morgan fingerprint density at radius 1 is 0.963 bits per heavy atom. The number of ether oxygens (including phenoxy) is 1. The molecular weight excluding hydrogens is 356 g/mol. The van der Waals surface area contributed by atoms with Crippen molar-refractivity contribution >= 4 is 12.7 Å². The monoisotopic (exact) mass is 376 g/mol. The molecule has 0 radical (unpaired) electrons. The van der Waals surface area contributed by atoms with Crippen molar-refractivity contribution in [2.45, 2.75) is 38.5 Å². The SMILES string of the molecule is OB(O)C1=C(c2cc(C(F)(F)F)ccc2OCc2ccccc2)CCCC1. The van der Waals surface area contributed by atoms with E-state index in [9.17, 15) is 23.2 Å². The molecule has 0 aliphatic heterocycles. The second-order valence-corrected chi connectivity index (χ2v) is 6.57. The van der Waals surface area contributed by atoms with Gasteiger partial charge in [-0.25, -0.2) is 0 Å². The molecular formula is C20H20BF3O3. The third-order valence-corrected chi connectivity index (χ3v) is 4.69. The highest BCUT2D eigenvalue weighted by Gasteiger charge is 2.33. The van der Waals surface area contributed by atoms with Crippen LogP contribution in [0.3, 0.4) is 0 Å². The van der Waals surface area contributed by atoms with E-state index in [4.69, 9.17) is 4.74 Å². The van der Waals surface area contributed by atoms with Crippen molar-refractivity contribution in [2.24, 2.45) is 0 Å². The van der Waals surface area contributed by atoms with Crippen LogP contribution in [0.1, 0.15) is 42.4 Å². The summed E-state index contributed by atoms with van der Waals surface area (Å²) >= 11 is 0. The van der Waals surface area contributed by atoms with Gasteiger partial charge in [0.25, 0.3) is 0 Å². The molecule has 3 rings (SSSR count). The zero-order chi connectivity index (χ0) is 19.4. The van der Waals surface area contributed by atoms with Gasteiger partial charge in [-0.05, 0) is 60.5 Å². The number of allylic oxidation sites excluding steroid dienone is 2. The third kappa shape index (κ3) is 4.73. The minimum absolute atomic E-state index is 0.212. The number of benzene rings is 2. The average Bonchev–Trinajstić information content (AvgIpc) is 2.66. The normalized spacial score (nSPS) is 15.0. The maximum absolute atomic E-state index is 13.2. The van der Waals surface area contributed by atoms with E-state index in [2.05, 4.69) is 0 Å². The van der Waals surface area contributed by atoms with Crippen LogP contribution in [-0.2, 0) is 12.8 Å². The predicted molar refractivity (Wildman–Crippen MR) is 97.8 cm³/mol. The summed E-state index contributed by atoms with van der Waals surface area (Å²) in [4.78, 5) is 0. The summed E-state index contributed by atoms with van der Waals surface area (Å²) in [5.41, 5.74) is 1.29. The van der Waals surface area contributed by atoms with Gasteiger partial charge in [0.15, 0.2) is 0 Å². The maximum Gasteiger partial charge on any atom is 0.484 e. The molecule has 7 heteroatoms. The van der Waals surface area contributed by atoms with Crippen LogP contribution in [0.2, 0.25) is 0 Å². The Balaban J connectivity index is 2.02. The summed E-state index contributed by atoms with van der Waals surface area (Å²) in [6, 6.07) is 12.7. The molecule has 0 fully saturated rings. The molecule has 0 heterocycles. The fraction of sp³-hybridized carbons (Fsp3) is 0.300. The minimum Gasteiger partial charge on any atom is -0.488 e. The van der Waals surface area contributed by atoms with Crippen LogP contribution in [0.4, 0.5) is 13.2 Å². The molecule has 0 saturated heterocycles. The first kappa shape index (κ1) is 19.5. The first-order chi connectivity index (χ1) is 12.9. The maximum atomic E-state index is 13.2. The number of alkyl halides is 3. The molecule has 0 atom stereocenters. The Morgan fingerprint density at radius 3 is 2.33 bits per heavy atom. The largest absolute Gasteiger partial charge is 0.488 e.